The lowest BCUT2D eigenvalue weighted by atomic mass is 10.0. The van der Waals surface area contributed by atoms with Crippen molar-refractivity contribution in [2.24, 2.45) is 5.10 Å². The molecule has 5 heteroatoms. The van der Waals surface area contributed by atoms with Crippen LogP contribution < -0.4 is 15.5 Å². The lowest BCUT2D eigenvalue weighted by Crippen LogP contribution is -2.32. The molecule has 2 N–H and O–H groups in total. The molecular formula is C17H21N3OS. The maximum Gasteiger partial charge on any atom is 0.186 e. The Morgan fingerprint density at radius 3 is 2.86 bits per heavy atom. The molecule has 0 aliphatic carbocycles. The Morgan fingerprint density at radius 1 is 1.27 bits per heavy atom. The lowest BCUT2D eigenvalue weighted by Gasteiger charge is -2.09. The molecular weight excluding hydrogens is 294 g/mol. The second-order valence-corrected chi connectivity index (χ2v) is 5.29. The molecule has 0 amide bonds. The number of benzene rings is 2. The van der Waals surface area contributed by atoms with Gasteiger partial charge in [0.25, 0.3) is 0 Å². The number of rotatable bonds is 6. The zero-order valence-electron chi connectivity index (χ0n) is 12.9. The number of hydrogen-bond donors (Lipinski definition) is 2. The molecule has 2 aromatic carbocycles. The first-order valence-electron chi connectivity index (χ1n) is 7.39. The van der Waals surface area contributed by atoms with Crippen LogP contribution in [0, 0.1) is 0 Å². The molecule has 0 aliphatic rings. The van der Waals surface area contributed by atoms with Crippen LogP contribution in [0.3, 0.4) is 0 Å². The lowest BCUT2D eigenvalue weighted by molar-refractivity contribution is 0.415. The minimum absolute atomic E-state index is 0.531. The van der Waals surface area contributed by atoms with E-state index in [0.717, 1.165) is 41.5 Å². The van der Waals surface area contributed by atoms with Gasteiger partial charge >= 0.3 is 0 Å². The number of nitrogens with zero attached hydrogens (tertiary/aromatic N) is 1. The van der Waals surface area contributed by atoms with Crippen molar-refractivity contribution in [2.45, 2.75) is 19.8 Å². The highest BCUT2D eigenvalue weighted by atomic mass is 32.1. The maximum absolute atomic E-state index is 5.42. The van der Waals surface area contributed by atoms with Crippen molar-refractivity contribution in [3.8, 4) is 5.75 Å². The van der Waals surface area contributed by atoms with Crippen molar-refractivity contribution in [3.63, 3.8) is 0 Å². The highest BCUT2D eigenvalue weighted by Gasteiger charge is 2.05. The molecule has 0 aliphatic heterocycles. The molecule has 0 bridgehead atoms. The van der Waals surface area contributed by atoms with Crippen LogP contribution in [-0.2, 0) is 0 Å². The average molecular weight is 315 g/mol. The van der Waals surface area contributed by atoms with Crippen LogP contribution in [0.25, 0.3) is 10.8 Å². The molecule has 0 saturated carbocycles. The van der Waals surface area contributed by atoms with Crippen LogP contribution in [0.2, 0.25) is 0 Å². The molecule has 0 fully saturated rings. The van der Waals surface area contributed by atoms with Crippen molar-refractivity contribution in [3.05, 3.63) is 42.0 Å². The molecule has 0 saturated heterocycles. The Labute approximate surface area is 136 Å². The maximum atomic E-state index is 5.42. The molecule has 2 rings (SSSR count). The van der Waals surface area contributed by atoms with E-state index < -0.39 is 0 Å². The molecule has 2 aromatic rings. The van der Waals surface area contributed by atoms with E-state index in [1.54, 1.807) is 13.3 Å². The number of fused-ring (bicyclic) bond motifs is 1. The Morgan fingerprint density at radius 2 is 2.09 bits per heavy atom. The van der Waals surface area contributed by atoms with E-state index in [0.29, 0.717) is 5.11 Å². The van der Waals surface area contributed by atoms with Crippen LogP contribution in [0.15, 0.2) is 41.5 Å². The predicted molar refractivity (Wildman–Crippen MR) is 96.7 cm³/mol. The summed E-state index contributed by atoms with van der Waals surface area (Å²) in [4.78, 5) is 0. The summed E-state index contributed by atoms with van der Waals surface area (Å²) in [5.74, 6) is 0.786. The standard InChI is InChI=1S/C17H21N3OS/c1-3-4-11-18-17(22)20-19-12-15-14-8-6-5-7-13(14)9-10-16(15)21-2/h5-10,12H,3-4,11H2,1-2H3,(H2,18,20,22)/b19-12-. The number of ether oxygens (including phenoxy) is 1. The summed E-state index contributed by atoms with van der Waals surface area (Å²) in [6, 6.07) is 12.1. The van der Waals surface area contributed by atoms with Gasteiger partial charge in [0.2, 0.25) is 0 Å². The van der Waals surface area contributed by atoms with E-state index in [-0.39, 0.29) is 0 Å². The fourth-order valence-corrected chi connectivity index (χ4v) is 2.32. The van der Waals surface area contributed by atoms with E-state index in [1.165, 1.54) is 0 Å². The van der Waals surface area contributed by atoms with Gasteiger partial charge in [0.1, 0.15) is 5.75 Å². The number of thiocarbonyl (C=S) groups is 1. The van der Waals surface area contributed by atoms with Crippen LogP contribution >= 0.6 is 12.2 Å². The summed E-state index contributed by atoms with van der Waals surface area (Å²) < 4.78 is 5.42. The van der Waals surface area contributed by atoms with Crippen molar-refractivity contribution in [2.75, 3.05) is 13.7 Å². The Bertz CT molecular complexity index is 670. The summed E-state index contributed by atoms with van der Waals surface area (Å²) >= 11 is 5.17. The largest absolute Gasteiger partial charge is 0.496 e. The Hall–Kier alpha value is -2.14. The number of methoxy groups -OCH3 is 1. The number of nitrogens with one attached hydrogen (secondary N) is 2. The summed E-state index contributed by atoms with van der Waals surface area (Å²) in [6.07, 6.45) is 3.96. The summed E-state index contributed by atoms with van der Waals surface area (Å²) in [5, 5.41) is 10.1. The zero-order chi connectivity index (χ0) is 15.8. The molecule has 22 heavy (non-hydrogen) atoms. The van der Waals surface area contributed by atoms with E-state index in [9.17, 15) is 0 Å². The third-order valence-corrected chi connectivity index (χ3v) is 3.56. The van der Waals surface area contributed by atoms with Gasteiger partial charge in [0.15, 0.2) is 5.11 Å². The van der Waals surface area contributed by atoms with E-state index in [4.69, 9.17) is 17.0 Å². The highest BCUT2D eigenvalue weighted by molar-refractivity contribution is 7.80. The molecule has 0 heterocycles. The van der Waals surface area contributed by atoms with Gasteiger partial charge in [-0.15, -0.1) is 0 Å². The van der Waals surface area contributed by atoms with Gasteiger partial charge in [-0.2, -0.15) is 5.10 Å². The number of unbranched alkanes of at least 4 members (excludes halogenated alkanes) is 1. The summed E-state index contributed by atoms with van der Waals surface area (Å²) in [7, 11) is 1.66. The summed E-state index contributed by atoms with van der Waals surface area (Å²) in [6.45, 7) is 3.00. The molecule has 116 valence electrons. The molecule has 0 radical (unpaired) electrons. The molecule has 0 unspecified atom stereocenters. The second kappa shape index (κ2) is 8.34. The quantitative estimate of drug-likeness (QED) is 0.371. The highest BCUT2D eigenvalue weighted by Crippen LogP contribution is 2.26. The van der Waals surface area contributed by atoms with Gasteiger partial charge in [-0.05, 0) is 35.5 Å². The Kier molecular flexibility index (Phi) is 6.15. The molecule has 0 spiro atoms. The minimum Gasteiger partial charge on any atom is -0.496 e. The van der Waals surface area contributed by atoms with Crippen molar-refractivity contribution in [1.82, 2.24) is 10.7 Å². The smallest absolute Gasteiger partial charge is 0.186 e. The molecule has 0 atom stereocenters. The zero-order valence-corrected chi connectivity index (χ0v) is 13.7. The van der Waals surface area contributed by atoms with Gasteiger partial charge in [-0.1, -0.05) is 43.7 Å². The summed E-state index contributed by atoms with van der Waals surface area (Å²) in [5.41, 5.74) is 3.77. The third-order valence-electron chi connectivity index (χ3n) is 3.33. The van der Waals surface area contributed by atoms with E-state index in [1.807, 2.05) is 24.3 Å². The predicted octanol–water partition coefficient (Wildman–Crippen LogP) is 3.45. The van der Waals surface area contributed by atoms with Crippen molar-refractivity contribution < 1.29 is 4.74 Å². The third kappa shape index (κ3) is 4.18. The van der Waals surface area contributed by atoms with Gasteiger partial charge in [-0.3, -0.25) is 5.43 Å². The minimum atomic E-state index is 0.531. The fraction of sp³-hybridized carbons (Fsp3) is 0.294. The topological polar surface area (TPSA) is 45.7 Å². The van der Waals surface area contributed by atoms with Crippen LogP contribution in [0.4, 0.5) is 0 Å². The fourth-order valence-electron chi connectivity index (χ4n) is 2.16. The van der Waals surface area contributed by atoms with Crippen molar-refractivity contribution in [1.29, 1.82) is 0 Å². The first kappa shape index (κ1) is 16.2. The van der Waals surface area contributed by atoms with E-state index >= 15 is 0 Å². The average Bonchev–Trinajstić information content (AvgIpc) is 2.55. The van der Waals surface area contributed by atoms with Gasteiger partial charge in [0.05, 0.1) is 13.3 Å². The monoisotopic (exact) mass is 315 g/mol. The first-order valence-corrected chi connectivity index (χ1v) is 7.79. The first-order chi connectivity index (χ1) is 10.8. The van der Waals surface area contributed by atoms with Gasteiger partial charge < -0.3 is 10.1 Å². The SMILES string of the molecule is CCCCNC(=S)N/N=C\c1c(OC)ccc2ccccc12. The second-order valence-electron chi connectivity index (χ2n) is 4.88. The Balaban J connectivity index is 2.13. The normalized spacial score (nSPS) is 10.8. The van der Waals surface area contributed by atoms with Crippen LogP contribution in [0.1, 0.15) is 25.3 Å². The van der Waals surface area contributed by atoms with E-state index in [2.05, 4.69) is 34.9 Å². The van der Waals surface area contributed by atoms with Crippen molar-refractivity contribution >= 4 is 34.3 Å². The molecule has 4 nitrogen and oxygen atoms in total. The van der Waals surface area contributed by atoms with Gasteiger partial charge in [0, 0.05) is 12.1 Å². The number of hydrazone groups is 1. The van der Waals surface area contributed by atoms with Crippen LogP contribution in [-0.4, -0.2) is 25.0 Å². The van der Waals surface area contributed by atoms with Gasteiger partial charge in [-0.25, -0.2) is 0 Å². The number of hydrogen-bond acceptors (Lipinski definition) is 3. The van der Waals surface area contributed by atoms with Crippen LogP contribution in [0.5, 0.6) is 5.75 Å². The molecule has 0 aromatic heterocycles.